The molecule has 0 bridgehead atoms. The Bertz CT molecular complexity index is 464. The van der Waals surface area contributed by atoms with Crippen LogP contribution in [0.4, 0.5) is 0 Å². The van der Waals surface area contributed by atoms with Crippen molar-refractivity contribution in [3.63, 3.8) is 0 Å². The highest BCUT2D eigenvalue weighted by Gasteiger charge is 2.08. The first-order chi connectivity index (χ1) is 7.54. The molecular formula is C13H14N2O. The van der Waals surface area contributed by atoms with Crippen LogP contribution in [-0.4, -0.2) is 5.91 Å². The normalized spacial score (nSPS) is 11.6. The zero-order chi connectivity index (χ0) is 12.1. The van der Waals surface area contributed by atoms with Crippen molar-refractivity contribution < 1.29 is 4.79 Å². The summed E-state index contributed by atoms with van der Waals surface area (Å²) in [6.45, 7) is 3.76. The molecular weight excluding hydrogens is 200 g/mol. The van der Waals surface area contributed by atoms with Crippen LogP contribution in [-0.2, 0) is 11.2 Å². The van der Waals surface area contributed by atoms with Gasteiger partial charge in [-0.25, -0.2) is 0 Å². The second-order valence-electron chi connectivity index (χ2n) is 3.79. The lowest BCUT2D eigenvalue weighted by Gasteiger charge is -2.04. The quantitative estimate of drug-likeness (QED) is 0.616. The summed E-state index contributed by atoms with van der Waals surface area (Å²) in [7, 11) is 0. The van der Waals surface area contributed by atoms with Crippen LogP contribution in [0.3, 0.4) is 0 Å². The molecule has 1 aromatic carbocycles. The fourth-order valence-electron chi connectivity index (χ4n) is 1.46. The minimum absolute atomic E-state index is 0.0561. The van der Waals surface area contributed by atoms with Crippen LogP contribution in [0.1, 0.15) is 18.1 Å². The van der Waals surface area contributed by atoms with Gasteiger partial charge in [-0.3, -0.25) is 4.79 Å². The van der Waals surface area contributed by atoms with Gasteiger partial charge in [0.05, 0.1) is 0 Å². The third kappa shape index (κ3) is 2.96. The molecule has 0 saturated carbocycles. The van der Waals surface area contributed by atoms with Crippen LogP contribution in [0, 0.1) is 18.3 Å². The molecule has 0 saturated heterocycles. The summed E-state index contributed by atoms with van der Waals surface area (Å²) in [5.74, 6) is -0.660. The van der Waals surface area contributed by atoms with Crippen molar-refractivity contribution >= 4 is 5.91 Å². The van der Waals surface area contributed by atoms with Crippen LogP contribution in [0.25, 0.3) is 0 Å². The van der Waals surface area contributed by atoms with E-state index in [2.05, 4.69) is 0 Å². The van der Waals surface area contributed by atoms with E-state index in [1.54, 1.807) is 6.92 Å². The summed E-state index contributed by atoms with van der Waals surface area (Å²) in [5.41, 5.74) is 8.12. The lowest BCUT2D eigenvalue weighted by molar-refractivity contribution is -0.114. The fraction of sp³-hybridized carbons (Fsp3) is 0.231. The van der Waals surface area contributed by atoms with Gasteiger partial charge in [-0.05, 0) is 31.4 Å². The van der Waals surface area contributed by atoms with Gasteiger partial charge < -0.3 is 5.73 Å². The van der Waals surface area contributed by atoms with Gasteiger partial charge in [0.2, 0.25) is 0 Å². The molecule has 0 atom stereocenters. The Balaban J connectivity index is 2.93. The second-order valence-corrected chi connectivity index (χ2v) is 3.79. The van der Waals surface area contributed by atoms with Gasteiger partial charge in [-0.15, -0.1) is 0 Å². The van der Waals surface area contributed by atoms with Gasteiger partial charge in [0, 0.05) is 0 Å². The van der Waals surface area contributed by atoms with Crippen molar-refractivity contribution in [2.24, 2.45) is 5.73 Å². The topological polar surface area (TPSA) is 66.9 Å². The van der Waals surface area contributed by atoms with E-state index in [0.717, 1.165) is 5.56 Å². The van der Waals surface area contributed by atoms with E-state index in [-0.39, 0.29) is 5.57 Å². The first kappa shape index (κ1) is 12.0. The molecule has 3 nitrogen and oxygen atoms in total. The first-order valence-electron chi connectivity index (χ1n) is 4.99. The average Bonchev–Trinajstić information content (AvgIpc) is 2.22. The Kier molecular flexibility index (Phi) is 3.84. The number of nitrogens with two attached hydrogens (primary N) is 1. The molecule has 0 radical (unpaired) electrons. The highest BCUT2D eigenvalue weighted by molar-refractivity contribution is 5.96. The van der Waals surface area contributed by atoms with E-state index >= 15 is 0 Å². The van der Waals surface area contributed by atoms with Gasteiger partial charge >= 0.3 is 0 Å². The van der Waals surface area contributed by atoms with Crippen molar-refractivity contribution in [1.82, 2.24) is 0 Å². The highest BCUT2D eigenvalue weighted by Crippen LogP contribution is 2.12. The number of nitriles is 1. The van der Waals surface area contributed by atoms with Gasteiger partial charge in [-0.1, -0.05) is 29.8 Å². The third-order valence-electron chi connectivity index (χ3n) is 2.37. The summed E-state index contributed by atoms with van der Waals surface area (Å²) in [5, 5.41) is 8.78. The Morgan fingerprint density at radius 1 is 1.38 bits per heavy atom. The second kappa shape index (κ2) is 5.13. The molecule has 1 rings (SSSR count). The van der Waals surface area contributed by atoms with Crippen LogP contribution in [0.2, 0.25) is 0 Å². The molecule has 0 unspecified atom stereocenters. The van der Waals surface area contributed by atoms with Crippen LogP contribution in [0.5, 0.6) is 0 Å². The SMILES string of the molecule is C/C(Cc1ccc(C)cc1)=C(/C#N)C(N)=O. The van der Waals surface area contributed by atoms with Gasteiger partial charge in [0.1, 0.15) is 11.6 Å². The van der Waals surface area contributed by atoms with Gasteiger partial charge in [-0.2, -0.15) is 5.26 Å². The smallest absolute Gasteiger partial charge is 0.259 e. The molecule has 1 aromatic rings. The summed E-state index contributed by atoms with van der Waals surface area (Å²) in [6.07, 6.45) is 0.576. The van der Waals surface area contributed by atoms with Gasteiger partial charge in [0.25, 0.3) is 5.91 Å². The van der Waals surface area contributed by atoms with Gasteiger partial charge in [0.15, 0.2) is 0 Å². The Hall–Kier alpha value is -2.08. The Morgan fingerprint density at radius 2 is 1.94 bits per heavy atom. The number of carbonyl (C=O) groups excluding carboxylic acids is 1. The maximum Gasteiger partial charge on any atom is 0.259 e. The number of hydrogen-bond donors (Lipinski definition) is 1. The maximum absolute atomic E-state index is 11.0. The third-order valence-corrected chi connectivity index (χ3v) is 2.37. The van der Waals surface area contributed by atoms with E-state index in [0.29, 0.717) is 12.0 Å². The summed E-state index contributed by atoms with van der Waals surface area (Å²) < 4.78 is 0. The monoisotopic (exact) mass is 214 g/mol. The number of amides is 1. The van der Waals surface area contributed by atoms with Crippen molar-refractivity contribution in [1.29, 1.82) is 5.26 Å². The summed E-state index contributed by atoms with van der Waals surface area (Å²) >= 11 is 0. The lowest BCUT2D eigenvalue weighted by Crippen LogP contribution is -2.14. The van der Waals surface area contributed by atoms with Crippen molar-refractivity contribution in [2.45, 2.75) is 20.3 Å². The molecule has 0 fully saturated rings. The number of nitrogens with zero attached hydrogens (tertiary/aromatic N) is 1. The highest BCUT2D eigenvalue weighted by atomic mass is 16.1. The van der Waals surface area contributed by atoms with E-state index in [9.17, 15) is 4.79 Å². The van der Waals surface area contributed by atoms with E-state index in [4.69, 9.17) is 11.0 Å². The molecule has 0 heterocycles. The average molecular weight is 214 g/mol. The molecule has 1 amide bonds. The van der Waals surface area contributed by atoms with E-state index in [1.165, 1.54) is 5.56 Å². The summed E-state index contributed by atoms with van der Waals surface area (Å²) in [4.78, 5) is 11.0. The fourth-order valence-corrected chi connectivity index (χ4v) is 1.46. The lowest BCUT2D eigenvalue weighted by atomic mass is 10.0. The molecule has 0 aliphatic heterocycles. The minimum atomic E-state index is -0.660. The number of benzene rings is 1. The first-order valence-corrected chi connectivity index (χ1v) is 4.99. The number of rotatable bonds is 3. The maximum atomic E-state index is 11.0. The number of allylic oxidation sites excluding steroid dienone is 1. The van der Waals surface area contributed by atoms with Crippen molar-refractivity contribution in [3.05, 3.63) is 46.5 Å². The number of primary amides is 1. The number of carbonyl (C=O) groups is 1. The molecule has 82 valence electrons. The Labute approximate surface area is 95.2 Å². The molecule has 16 heavy (non-hydrogen) atoms. The molecule has 0 aliphatic rings. The standard InChI is InChI=1S/C13H14N2O/c1-9-3-5-11(6-4-9)7-10(2)12(8-14)13(15)16/h3-6H,7H2,1-2H3,(H2,15,16)/b12-10+. The summed E-state index contributed by atoms with van der Waals surface area (Å²) in [6, 6.07) is 9.80. The minimum Gasteiger partial charge on any atom is -0.365 e. The predicted octanol–water partition coefficient (Wildman–Crippen LogP) is 1.86. The number of aryl methyl sites for hydroxylation is 1. The molecule has 0 spiro atoms. The van der Waals surface area contributed by atoms with Crippen LogP contribution < -0.4 is 5.73 Å². The van der Waals surface area contributed by atoms with E-state index in [1.807, 2.05) is 37.3 Å². The molecule has 0 aliphatic carbocycles. The molecule has 0 aromatic heterocycles. The zero-order valence-electron chi connectivity index (χ0n) is 9.45. The largest absolute Gasteiger partial charge is 0.365 e. The predicted molar refractivity (Wildman–Crippen MR) is 62.4 cm³/mol. The van der Waals surface area contributed by atoms with E-state index < -0.39 is 5.91 Å². The molecule has 3 heteroatoms. The Morgan fingerprint density at radius 3 is 2.38 bits per heavy atom. The van der Waals surface area contributed by atoms with Crippen molar-refractivity contribution in [2.75, 3.05) is 0 Å². The number of hydrogen-bond acceptors (Lipinski definition) is 2. The molecule has 2 N–H and O–H groups in total. The van der Waals surface area contributed by atoms with Crippen LogP contribution in [0.15, 0.2) is 35.4 Å². The van der Waals surface area contributed by atoms with Crippen molar-refractivity contribution in [3.8, 4) is 6.07 Å². The van der Waals surface area contributed by atoms with Crippen LogP contribution >= 0.6 is 0 Å². The zero-order valence-corrected chi connectivity index (χ0v) is 9.45.